The van der Waals surface area contributed by atoms with Crippen molar-refractivity contribution in [3.63, 3.8) is 0 Å². The average Bonchev–Trinajstić information content (AvgIpc) is 2.56. The van der Waals surface area contributed by atoms with Gasteiger partial charge in [-0.3, -0.25) is 0 Å². The van der Waals surface area contributed by atoms with Gasteiger partial charge in [-0.2, -0.15) is 0 Å². The van der Waals surface area contributed by atoms with Crippen molar-refractivity contribution in [1.82, 2.24) is 0 Å². The fourth-order valence-corrected chi connectivity index (χ4v) is 4.31. The molecule has 0 radical (unpaired) electrons. The zero-order valence-corrected chi connectivity index (χ0v) is 14.6. The van der Waals surface area contributed by atoms with Gasteiger partial charge in [0.15, 0.2) is 11.5 Å². The van der Waals surface area contributed by atoms with Gasteiger partial charge in [0.2, 0.25) is 0 Å². The Balaban J connectivity index is 0.00000156. The van der Waals surface area contributed by atoms with Crippen LogP contribution < -0.4 is 5.73 Å². The fourth-order valence-electron chi connectivity index (χ4n) is 4.31. The van der Waals surface area contributed by atoms with Gasteiger partial charge in [-0.15, -0.1) is 17.0 Å². The van der Waals surface area contributed by atoms with E-state index in [0.29, 0.717) is 5.92 Å². The fraction of sp³-hybridized carbons (Fsp3) is 0.368. The maximum atomic E-state index is 10.4. The first-order valence-corrected chi connectivity index (χ1v) is 8.02. The predicted octanol–water partition coefficient (Wildman–Crippen LogP) is 3.76. The molecule has 0 amide bonds. The molecule has 0 spiro atoms. The minimum atomic E-state index is 0. The molecular weight excluding hydrogens is 354 g/mol. The van der Waals surface area contributed by atoms with E-state index in [2.05, 4.69) is 24.3 Å². The summed E-state index contributed by atoms with van der Waals surface area (Å²) in [6.45, 7) is 0. The Bertz CT molecular complexity index is 717. The highest BCUT2D eigenvalue weighted by Crippen LogP contribution is 2.50. The molecule has 4 heteroatoms. The lowest BCUT2D eigenvalue weighted by Gasteiger charge is -2.40. The SMILES string of the molecule is Br.NC1CCc2cc(O)c(O)c3c2C1CC(c1ccccc1)C3. The van der Waals surface area contributed by atoms with E-state index in [1.807, 2.05) is 6.07 Å². The van der Waals surface area contributed by atoms with Crippen LogP contribution in [0.1, 0.15) is 46.9 Å². The van der Waals surface area contributed by atoms with Gasteiger partial charge >= 0.3 is 0 Å². The first kappa shape index (κ1) is 16.3. The summed E-state index contributed by atoms with van der Waals surface area (Å²) in [6, 6.07) is 12.3. The zero-order chi connectivity index (χ0) is 15.3. The highest BCUT2D eigenvalue weighted by atomic mass is 79.9. The minimum Gasteiger partial charge on any atom is -0.504 e. The molecule has 2 aromatic rings. The van der Waals surface area contributed by atoms with Crippen LogP contribution in [-0.2, 0) is 12.8 Å². The Kier molecular flexibility index (Phi) is 4.39. The van der Waals surface area contributed by atoms with Crippen LogP contribution in [0.5, 0.6) is 11.5 Å². The molecule has 4 rings (SSSR count). The average molecular weight is 376 g/mol. The molecule has 3 nitrogen and oxygen atoms in total. The lowest BCUT2D eigenvalue weighted by Crippen LogP contribution is -2.37. The van der Waals surface area contributed by atoms with Crippen molar-refractivity contribution < 1.29 is 10.2 Å². The van der Waals surface area contributed by atoms with Crippen LogP contribution in [0.4, 0.5) is 0 Å². The number of aromatic hydroxyl groups is 2. The second-order valence-corrected chi connectivity index (χ2v) is 6.65. The van der Waals surface area contributed by atoms with Crippen LogP contribution in [0.25, 0.3) is 0 Å². The van der Waals surface area contributed by atoms with E-state index >= 15 is 0 Å². The van der Waals surface area contributed by atoms with E-state index in [9.17, 15) is 10.2 Å². The molecule has 0 fully saturated rings. The molecule has 0 aliphatic heterocycles. The van der Waals surface area contributed by atoms with E-state index < -0.39 is 0 Å². The van der Waals surface area contributed by atoms with Crippen molar-refractivity contribution >= 4 is 17.0 Å². The number of hydrogen-bond acceptors (Lipinski definition) is 3. The Hall–Kier alpha value is -1.52. The largest absolute Gasteiger partial charge is 0.504 e. The Morgan fingerprint density at radius 1 is 1.09 bits per heavy atom. The predicted molar refractivity (Wildman–Crippen MR) is 96.6 cm³/mol. The normalized spacial score (nSPS) is 25.3. The molecule has 0 saturated carbocycles. The number of aryl methyl sites for hydroxylation is 1. The smallest absolute Gasteiger partial charge is 0.160 e. The molecule has 0 bridgehead atoms. The van der Waals surface area contributed by atoms with Gasteiger partial charge in [0, 0.05) is 17.5 Å². The van der Waals surface area contributed by atoms with Crippen LogP contribution in [0.15, 0.2) is 36.4 Å². The lowest BCUT2D eigenvalue weighted by atomic mass is 9.66. The maximum Gasteiger partial charge on any atom is 0.160 e. The van der Waals surface area contributed by atoms with Crippen LogP contribution in [0.2, 0.25) is 0 Å². The third-order valence-electron chi connectivity index (χ3n) is 5.41. The van der Waals surface area contributed by atoms with Gasteiger partial charge in [0.05, 0.1) is 0 Å². The molecule has 2 aromatic carbocycles. The number of halogens is 1. The van der Waals surface area contributed by atoms with Crippen LogP contribution in [-0.4, -0.2) is 16.3 Å². The first-order valence-electron chi connectivity index (χ1n) is 8.02. The van der Waals surface area contributed by atoms with Gasteiger partial charge in [0.25, 0.3) is 0 Å². The van der Waals surface area contributed by atoms with E-state index in [1.165, 1.54) is 16.7 Å². The molecule has 2 aliphatic rings. The van der Waals surface area contributed by atoms with E-state index in [4.69, 9.17) is 5.73 Å². The van der Waals surface area contributed by atoms with Crippen molar-refractivity contribution in [2.24, 2.45) is 5.73 Å². The zero-order valence-electron chi connectivity index (χ0n) is 12.9. The Labute approximate surface area is 146 Å². The number of benzene rings is 2. The maximum absolute atomic E-state index is 10.4. The number of phenolic OH excluding ortho intramolecular Hbond substituents is 2. The standard InChI is InChI=1S/C19H21NO2.BrH/c20-16-7-6-12-10-17(21)19(22)15-9-13(8-14(16)18(12)15)11-4-2-1-3-5-11;/h1-5,10,13-14,16,21-22H,6-9,20H2;1H. The van der Waals surface area contributed by atoms with Crippen molar-refractivity contribution in [3.05, 3.63) is 58.7 Å². The summed E-state index contributed by atoms with van der Waals surface area (Å²) in [4.78, 5) is 0. The van der Waals surface area contributed by atoms with Gasteiger partial charge in [-0.05, 0) is 54.4 Å². The number of hydrogen-bond donors (Lipinski definition) is 3. The summed E-state index contributed by atoms with van der Waals surface area (Å²) < 4.78 is 0. The topological polar surface area (TPSA) is 66.5 Å². The minimum absolute atomic E-state index is 0. The van der Waals surface area contributed by atoms with E-state index in [-0.39, 0.29) is 40.4 Å². The third-order valence-corrected chi connectivity index (χ3v) is 5.41. The quantitative estimate of drug-likeness (QED) is 0.664. The Morgan fingerprint density at radius 2 is 1.83 bits per heavy atom. The summed E-state index contributed by atoms with van der Waals surface area (Å²) in [5.41, 5.74) is 11.0. The molecule has 4 N–H and O–H groups in total. The summed E-state index contributed by atoms with van der Waals surface area (Å²) in [5, 5.41) is 20.4. The molecule has 3 unspecified atom stereocenters. The molecule has 0 saturated heterocycles. The number of nitrogens with two attached hydrogens (primary N) is 1. The van der Waals surface area contributed by atoms with Crippen molar-refractivity contribution in [2.75, 3.05) is 0 Å². The molecule has 3 atom stereocenters. The molecule has 122 valence electrons. The third kappa shape index (κ3) is 2.64. The Morgan fingerprint density at radius 3 is 2.57 bits per heavy atom. The molecule has 23 heavy (non-hydrogen) atoms. The van der Waals surface area contributed by atoms with Gasteiger partial charge in [-0.25, -0.2) is 0 Å². The van der Waals surface area contributed by atoms with Crippen LogP contribution in [0.3, 0.4) is 0 Å². The summed E-state index contributed by atoms with van der Waals surface area (Å²) in [5.74, 6) is 0.697. The molecule has 0 aromatic heterocycles. The highest BCUT2D eigenvalue weighted by Gasteiger charge is 2.38. The first-order chi connectivity index (χ1) is 10.6. The summed E-state index contributed by atoms with van der Waals surface area (Å²) in [6.07, 6.45) is 3.64. The number of rotatable bonds is 1. The lowest BCUT2D eigenvalue weighted by molar-refractivity contribution is 0.360. The summed E-state index contributed by atoms with van der Waals surface area (Å²) >= 11 is 0. The van der Waals surface area contributed by atoms with Gasteiger partial charge < -0.3 is 15.9 Å². The van der Waals surface area contributed by atoms with Crippen molar-refractivity contribution in [2.45, 2.75) is 43.6 Å². The second-order valence-electron chi connectivity index (χ2n) is 6.65. The van der Waals surface area contributed by atoms with Gasteiger partial charge in [0.1, 0.15) is 0 Å². The van der Waals surface area contributed by atoms with E-state index in [0.717, 1.165) is 31.2 Å². The summed E-state index contributed by atoms with van der Waals surface area (Å²) in [7, 11) is 0. The number of phenols is 2. The second kappa shape index (κ2) is 6.17. The molecular formula is C19H22BrNO2. The van der Waals surface area contributed by atoms with Crippen LogP contribution in [0, 0.1) is 0 Å². The van der Waals surface area contributed by atoms with Crippen molar-refractivity contribution in [3.8, 4) is 11.5 Å². The highest BCUT2D eigenvalue weighted by molar-refractivity contribution is 8.93. The van der Waals surface area contributed by atoms with Crippen molar-refractivity contribution in [1.29, 1.82) is 0 Å². The monoisotopic (exact) mass is 375 g/mol. The molecule has 2 aliphatic carbocycles. The van der Waals surface area contributed by atoms with E-state index in [1.54, 1.807) is 6.07 Å². The van der Waals surface area contributed by atoms with Crippen LogP contribution >= 0.6 is 17.0 Å². The van der Waals surface area contributed by atoms with Gasteiger partial charge in [-0.1, -0.05) is 30.3 Å². The molecule has 0 heterocycles.